The van der Waals surface area contributed by atoms with Crippen molar-refractivity contribution in [1.29, 1.82) is 0 Å². The fourth-order valence-electron chi connectivity index (χ4n) is 3.68. The molecule has 0 aliphatic carbocycles. The summed E-state index contributed by atoms with van der Waals surface area (Å²) in [5.41, 5.74) is 1.18. The SMILES string of the molecule is CCOc1ccc([C@H]2C(=C(O)c3cccc(OC)c3)C(=O)C(=O)N2CCCOC)cc1. The van der Waals surface area contributed by atoms with Crippen LogP contribution in [0.25, 0.3) is 5.76 Å². The second-order valence-corrected chi connectivity index (χ2v) is 7.07. The number of hydrogen-bond acceptors (Lipinski definition) is 6. The number of likely N-dealkylation sites (tertiary alicyclic amines) is 1. The van der Waals surface area contributed by atoms with Crippen molar-refractivity contribution < 1.29 is 28.9 Å². The molecule has 1 N–H and O–H groups in total. The lowest BCUT2D eigenvalue weighted by Crippen LogP contribution is -2.31. The van der Waals surface area contributed by atoms with Crippen LogP contribution >= 0.6 is 0 Å². The third-order valence-corrected chi connectivity index (χ3v) is 5.14. The summed E-state index contributed by atoms with van der Waals surface area (Å²) >= 11 is 0. The lowest BCUT2D eigenvalue weighted by molar-refractivity contribution is -0.140. The van der Waals surface area contributed by atoms with Gasteiger partial charge in [0.1, 0.15) is 17.3 Å². The van der Waals surface area contributed by atoms with E-state index < -0.39 is 17.7 Å². The molecule has 0 unspecified atom stereocenters. The van der Waals surface area contributed by atoms with Gasteiger partial charge in [0.15, 0.2) is 0 Å². The van der Waals surface area contributed by atoms with Gasteiger partial charge in [-0.3, -0.25) is 9.59 Å². The Morgan fingerprint density at radius 2 is 1.81 bits per heavy atom. The number of ketones is 1. The van der Waals surface area contributed by atoms with Gasteiger partial charge in [0.25, 0.3) is 11.7 Å². The van der Waals surface area contributed by atoms with E-state index in [1.165, 1.54) is 12.0 Å². The molecular formula is C24H27NO6. The monoisotopic (exact) mass is 425 g/mol. The summed E-state index contributed by atoms with van der Waals surface area (Å²) < 4.78 is 15.8. The molecule has 1 amide bonds. The highest BCUT2D eigenvalue weighted by Gasteiger charge is 2.45. The van der Waals surface area contributed by atoms with Crippen molar-refractivity contribution in [3.05, 3.63) is 65.2 Å². The maximum Gasteiger partial charge on any atom is 0.295 e. The highest BCUT2D eigenvalue weighted by atomic mass is 16.5. The van der Waals surface area contributed by atoms with Crippen LogP contribution in [0.5, 0.6) is 11.5 Å². The normalized spacial score (nSPS) is 17.8. The summed E-state index contributed by atoms with van der Waals surface area (Å²) in [6, 6.07) is 13.2. The van der Waals surface area contributed by atoms with Crippen molar-refractivity contribution in [1.82, 2.24) is 4.90 Å². The van der Waals surface area contributed by atoms with E-state index in [-0.39, 0.29) is 11.3 Å². The van der Waals surface area contributed by atoms with Crippen LogP contribution in [0.2, 0.25) is 0 Å². The fourth-order valence-corrected chi connectivity index (χ4v) is 3.68. The summed E-state index contributed by atoms with van der Waals surface area (Å²) in [5.74, 6) is -0.354. The van der Waals surface area contributed by atoms with E-state index in [0.29, 0.717) is 48.8 Å². The van der Waals surface area contributed by atoms with Crippen LogP contribution in [0.15, 0.2) is 54.1 Å². The third-order valence-electron chi connectivity index (χ3n) is 5.14. The van der Waals surface area contributed by atoms with Crippen molar-refractivity contribution >= 4 is 17.4 Å². The zero-order valence-corrected chi connectivity index (χ0v) is 18.0. The predicted molar refractivity (Wildman–Crippen MR) is 116 cm³/mol. The number of aliphatic hydroxyl groups excluding tert-OH is 1. The largest absolute Gasteiger partial charge is 0.507 e. The number of hydrogen-bond donors (Lipinski definition) is 1. The fraction of sp³-hybridized carbons (Fsp3) is 0.333. The van der Waals surface area contributed by atoms with E-state index in [1.807, 2.05) is 19.1 Å². The highest BCUT2D eigenvalue weighted by Crippen LogP contribution is 2.40. The quantitative estimate of drug-likeness (QED) is 0.286. The van der Waals surface area contributed by atoms with Crippen LogP contribution in [0.4, 0.5) is 0 Å². The number of nitrogens with zero attached hydrogens (tertiary/aromatic N) is 1. The number of benzene rings is 2. The molecule has 2 aromatic carbocycles. The van der Waals surface area contributed by atoms with Gasteiger partial charge >= 0.3 is 0 Å². The molecular weight excluding hydrogens is 398 g/mol. The average Bonchev–Trinajstić information content (AvgIpc) is 3.04. The number of aliphatic hydroxyl groups is 1. The van der Waals surface area contributed by atoms with E-state index in [9.17, 15) is 14.7 Å². The maximum absolute atomic E-state index is 13.0. The molecule has 7 heteroatoms. The molecule has 3 rings (SSSR count). The number of carbonyl (C=O) groups excluding carboxylic acids is 2. The lowest BCUT2D eigenvalue weighted by Gasteiger charge is -2.25. The number of rotatable bonds is 9. The molecule has 0 aromatic heterocycles. The standard InChI is InChI=1S/C24H27NO6/c1-4-31-18-11-9-16(10-12-18)21-20(22(26)17-7-5-8-19(15-17)30-3)23(27)24(28)25(21)13-6-14-29-2/h5,7-12,15,21,26H,4,6,13-14H2,1-3H3/t21-/m0/s1. The summed E-state index contributed by atoms with van der Waals surface area (Å²) in [7, 11) is 3.11. The van der Waals surface area contributed by atoms with E-state index in [0.717, 1.165) is 0 Å². The van der Waals surface area contributed by atoms with Crippen LogP contribution in [0, 0.1) is 0 Å². The molecule has 7 nitrogen and oxygen atoms in total. The number of amides is 1. The molecule has 1 atom stereocenters. The molecule has 1 aliphatic rings. The van der Waals surface area contributed by atoms with Crippen molar-refractivity contribution in [2.45, 2.75) is 19.4 Å². The van der Waals surface area contributed by atoms with Crippen molar-refractivity contribution in [3.8, 4) is 11.5 Å². The molecule has 164 valence electrons. The Kier molecular flexibility index (Phi) is 7.31. The highest BCUT2D eigenvalue weighted by molar-refractivity contribution is 6.46. The minimum Gasteiger partial charge on any atom is -0.507 e. The summed E-state index contributed by atoms with van der Waals surface area (Å²) in [6.07, 6.45) is 0.566. The molecule has 1 fully saturated rings. The Morgan fingerprint density at radius 3 is 2.45 bits per heavy atom. The van der Waals surface area contributed by atoms with Gasteiger partial charge in [-0.1, -0.05) is 24.3 Å². The molecule has 1 saturated heterocycles. The van der Waals surface area contributed by atoms with Crippen LogP contribution in [-0.2, 0) is 14.3 Å². The van der Waals surface area contributed by atoms with E-state index in [2.05, 4.69) is 0 Å². The van der Waals surface area contributed by atoms with E-state index in [4.69, 9.17) is 14.2 Å². The van der Waals surface area contributed by atoms with Gasteiger partial charge in [0.05, 0.1) is 25.3 Å². The van der Waals surface area contributed by atoms with Crippen molar-refractivity contribution in [2.24, 2.45) is 0 Å². The zero-order valence-electron chi connectivity index (χ0n) is 18.0. The Balaban J connectivity index is 2.09. The predicted octanol–water partition coefficient (Wildman–Crippen LogP) is 3.55. The summed E-state index contributed by atoms with van der Waals surface area (Å²) in [4.78, 5) is 27.3. The second kappa shape index (κ2) is 10.1. The molecule has 0 saturated carbocycles. The molecule has 1 heterocycles. The summed E-state index contributed by atoms with van der Waals surface area (Å²) in [6.45, 7) is 3.21. The molecule has 0 spiro atoms. The van der Waals surface area contributed by atoms with Crippen molar-refractivity contribution in [2.75, 3.05) is 34.0 Å². The molecule has 1 aliphatic heterocycles. The Hall–Kier alpha value is -3.32. The van der Waals surface area contributed by atoms with Gasteiger partial charge in [0.2, 0.25) is 0 Å². The van der Waals surface area contributed by atoms with Gasteiger partial charge < -0.3 is 24.2 Å². The first-order valence-electron chi connectivity index (χ1n) is 10.2. The number of ether oxygens (including phenoxy) is 3. The van der Waals surface area contributed by atoms with Crippen molar-refractivity contribution in [3.63, 3.8) is 0 Å². The maximum atomic E-state index is 13.0. The van der Waals surface area contributed by atoms with E-state index in [1.54, 1.807) is 43.5 Å². The van der Waals surface area contributed by atoms with Crippen LogP contribution in [-0.4, -0.2) is 55.7 Å². The number of Topliss-reactive ketones (excluding diaryl/α,β-unsaturated/α-hetero) is 1. The molecule has 31 heavy (non-hydrogen) atoms. The van der Waals surface area contributed by atoms with Gasteiger partial charge in [-0.05, 0) is 43.2 Å². The molecule has 0 radical (unpaired) electrons. The van der Waals surface area contributed by atoms with Gasteiger partial charge in [0, 0.05) is 25.8 Å². The number of methoxy groups -OCH3 is 2. The minimum absolute atomic E-state index is 0.0554. The van der Waals surface area contributed by atoms with E-state index >= 15 is 0 Å². The Labute approximate surface area is 181 Å². The Morgan fingerprint density at radius 1 is 1.06 bits per heavy atom. The second-order valence-electron chi connectivity index (χ2n) is 7.07. The average molecular weight is 425 g/mol. The Bertz CT molecular complexity index is 966. The van der Waals surface area contributed by atoms with Gasteiger partial charge in [-0.15, -0.1) is 0 Å². The van der Waals surface area contributed by atoms with Crippen LogP contribution in [0.1, 0.15) is 30.5 Å². The topological polar surface area (TPSA) is 85.3 Å². The smallest absolute Gasteiger partial charge is 0.295 e. The lowest BCUT2D eigenvalue weighted by atomic mass is 9.95. The first-order valence-corrected chi connectivity index (χ1v) is 10.2. The first kappa shape index (κ1) is 22.4. The first-order chi connectivity index (χ1) is 15.0. The molecule has 0 bridgehead atoms. The zero-order chi connectivity index (χ0) is 22.4. The van der Waals surface area contributed by atoms with Gasteiger partial charge in [-0.25, -0.2) is 0 Å². The molecule has 2 aromatic rings. The van der Waals surface area contributed by atoms with Gasteiger partial charge in [-0.2, -0.15) is 0 Å². The minimum atomic E-state index is -0.711. The number of carbonyl (C=O) groups is 2. The summed E-state index contributed by atoms with van der Waals surface area (Å²) in [5, 5.41) is 11.1. The third kappa shape index (κ3) is 4.72. The van der Waals surface area contributed by atoms with Crippen LogP contribution < -0.4 is 9.47 Å². The van der Waals surface area contributed by atoms with Crippen LogP contribution in [0.3, 0.4) is 0 Å².